The molecule has 0 bridgehead atoms. The van der Waals surface area contributed by atoms with Gasteiger partial charge < -0.3 is 9.64 Å². The highest BCUT2D eigenvalue weighted by Gasteiger charge is 2.27. The molecule has 0 atom stereocenters. The first-order valence-electron chi connectivity index (χ1n) is 9.59. The summed E-state index contributed by atoms with van der Waals surface area (Å²) in [5.41, 5.74) is 2.86. The number of nitro groups is 1. The topological polar surface area (TPSA) is 98.5 Å². The number of hydrogen-bond donors (Lipinski definition) is 0. The van der Waals surface area contributed by atoms with E-state index in [1.54, 1.807) is 30.3 Å². The minimum Gasteiger partial charge on any atom is -0.378 e. The van der Waals surface area contributed by atoms with Crippen LogP contribution in [-0.4, -0.2) is 32.8 Å². The fourth-order valence-electron chi connectivity index (χ4n) is 3.60. The fraction of sp³-hybridized carbons (Fsp3) is 0.227. The normalized spacial score (nSPS) is 12.6. The molecule has 0 N–H and O–H groups in total. The van der Waals surface area contributed by atoms with E-state index in [0.717, 1.165) is 16.8 Å². The standard InChI is InChI=1S/C22H19FN4O4/c1-31-13-16-8-14-11-26(12-15(14)10-24-16)22(28)9-20-21(27(29)30)7-6-19(25-20)17-4-2-3-5-18(17)23/h2-8,10H,9,11-13H2,1H3. The molecule has 3 heterocycles. The lowest BCUT2D eigenvalue weighted by Gasteiger charge is -2.15. The second-order valence-corrected chi connectivity index (χ2v) is 7.20. The molecule has 1 amide bonds. The summed E-state index contributed by atoms with van der Waals surface area (Å²) in [6.45, 7) is 1.13. The maximum atomic E-state index is 14.1. The number of nitrogens with zero attached hydrogens (tertiary/aromatic N) is 4. The van der Waals surface area contributed by atoms with Crippen LogP contribution >= 0.6 is 0 Å². The van der Waals surface area contributed by atoms with Gasteiger partial charge in [-0.25, -0.2) is 9.37 Å². The average Bonchev–Trinajstić information content (AvgIpc) is 3.18. The van der Waals surface area contributed by atoms with Gasteiger partial charge in [0.1, 0.15) is 11.5 Å². The number of aromatic nitrogens is 2. The van der Waals surface area contributed by atoms with Gasteiger partial charge in [-0.2, -0.15) is 0 Å². The predicted octanol–water partition coefficient (Wildman–Crippen LogP) is 3.42. The molecule has 0 aliphatic carbocycles. The fourth-order valence-corrected chi connectivity index (χ4v) is 3.60. The van der Waals surface area contributed by atoms with Crippen molar-refractivity contribution >= 4 is 11.6 Å². The molecular formula is C22H19FN4O4. The van der Waals surface area contributed by atoms with Crippen molar-refractivity contribution in [1.29, 1.82) is 0 Å². The van der Waals surface area contributed by atoms with Gasteiger partial charge in [-0.05, 0) is 35.4 Å². The summed E-state index contributed by atoms with van der Waals surface area (Å²) in [5, 5.41) is 11.5. The Morgan fingerprint density at radius 3 is 2.74 bits per heavy atom. The van der Waals surface area contributed by atoms with Crippen molar-refractivity contribution in [3.8, 4) is 11.3 Å². The second-order valence-electron chi connectivity index (χ2n) is 7.20. The maximum absolute atomic E-state index is 14.1. The number of carbonyl (C=O) groups excluding carboxylic acids is 1. The molecule has 2 aromatic heterocycles. The summed E-state index contributed by atoms with van der Waals surface area (Å²) in [4.78, 5) is 34.0. The summed E-state index contributed by atoms with van der Waals surface area (Å²) in [6.07, 6.45) is 1.46. The van der Waals surface area contributed by atoms with Gasteiger partial charge in [0.15, 0.2) is 0 Å². The van der Waals surface area contributed by atoms with Gasteiger partial charge in [-0.3, -0.25) is 19.9 Å². The number of hydrogen-bond acceptors (Lipinski definition) is 6. The quantitative estimate of drug-likeness (QED) is 0.446. The van der Waals surface area contributed by atoms with E-state index < -0.39 is 10.7 Å². The number of fused-ring (bicyclic) bond motifs is 1. The Hall–Kier alpha value is -3.72. The van der Waals surface area contributed by atoms with Crippen molar-refractivity contribution in [3.05, 3.63) is 87.1 Å². The zero-order chi connectivity index (χ0) is 22.0. The monoisotopic (exact) mass is 422 g/mol. The molecule has 9 heteroatoms. The van der Waals surface area contributed by atoms with Crippen LogP contribution in [0.15, 0.2) is 48.7 Å². The van der Waals surface area contributed by atoms with Crippen molar-refractivity contribution in [1.82, 2.24) is 14.9 Å². The molecule has 3 aromatic rings. The van der Waals surface area contributed by atoms with Crippen molar-refractivity contribution in [2.24, 2.45) is 0 Å². The van der Waals surface area contributed by atoms with Crippen LogP contribution in [0.1, 0.15) is 22.5 Å². The third-order valence-electron chi connectivity index (χ3n) is 5.12. The van der Waals surface area contributed by atoms with Crippen molar-refractivity contribution in [3.63, 3.8) is 0 Å². The molecule has 0 fully saturated rings. The van der Waals surface area contributed by atoms with E-state index in [2.05, 4.69) is 9.97 Å². The molecule has 0 saturated heterocycles. The Morgan fingerprint density at radius 2 is 2.00 bits per heavy atom. The highest BCUT2D eigenvalue weighted by Crippen LogP contribution is 2.28. The molecule has 4 rings (SSSR count). The van der Waals surface area contributed by atoms with Crippen LogP contribution in [0.5, 0.6) is 0 Å². The third-order valence-corrected chi connectivity index (χ3v) is 5.12. The number of rotatable bonds is 6. The lowest BCUT2D eigenvalue weighted by atomic mass is 10.1. The van der Waals surface area contributed by atoms with Gasteiger partial charge in [-0.1, -0.05) is 12.1 Å². The molecule has 1 aliphatic heterocycles. The van der Waals surface area contributed by atoms with Crippen LogP contribution in [0.2, 0.25) is 0 Å². The van der Waals surface area contributed by atoms with E-state index in [0.29, 0.717) is 19.7 Å². The highest BCUT2D eigenvalue weighted by molar-refractivity contribution is 5.80. The minimum atomic E-state index is -0.583. The summed E-state index contributed by atoms with van der Waals surface area (Å²) >= 11 is 0. The van der Waals surface area contributed by atoms with Crippen molar-refractivity contribution < 1.29 is 18.8 Å². The van der Waals surface area contributed by atoms with E-state index in [-0.39, 0.29) is 35.0 Å². The first-order chi connectivity index (χ1) is 15.0. The molecular weight excluding hydrogens is 403 g/mol. The van der Waals surface area contributed by atoms with Gasteiger partial charge in [0.25, 0.3) is 5.69 Å². The predicted molar refractivity (Wildman–Crippen MR) is 109 cm³/mol. The van der Waals surface area contributed by atoms with E-state index in [9.17, 15) is 19.3 Å². The molecule has 1 aliphatic rings. The smallest absolute Gasteiger partial charge is 0.291 e. The molecule has 0 saturated carbocycles. The third kappa shape index (κ3) is 4.26. The van der Waals surface area contributed by atoms with Crippen LogP contribution < -0.4 is 0 Å². The molecule has 0 radical (unpaired) electrons. The Kier molecular flexibility index (Phi) is 5.68. The summed E-state index contributed by atoms with van der Waals surface area (Å²) in [6, 6.07) is 10.6. The number of halogens is 1. The van der Waals surface area contributed by atoms with E-state index in [1.165, 1.54) is 24.3 Å². The number of benzene rings is 1. The van der Waals surface area contributed by atoms with Gasteiger partial charge in [0, 0.05) is 38.0 Å². The minimum absolute atomic E-state index is 0.00454. The molecule has 158 valence electrons. The highest BCUT2D eigenvalue weighted by atomic mass is 19.1. The SMILES string of the molecule is COCc1cc2c(cn1)CN(C(=O)Cc1nc(-c3ccccc3F)ccc1[N+](=O)[O-])C2. The number of pyridine rings is 2. The zero-order valence-electron chi connectivity index (χ0n) is 16.7. The number of methoxy groups -OCH3 is 1. The Balaban J connectivity index is 1.58. The summed E-state index contributed by atoms with van der Waals surface area (Å²) in [5.74, 6) is -0.790. The molecule has 8 nitrogen and oxygen atoms in total. The van der Waals surface area contributed by atoms with E-state index >= 15 is 0 Å². The second kappa shape index (κ2) is 8.57. The molecule has 0 spiro atoms. The van der Waals surface area contributed by atoms with Crippen LogP contribution in [0, 0.1) is 15.9 Å². The molecule has 1 aromatic carbocycles. The lowest BCUT2D eigenvalue weighted by Crippen LogP contribution is -2.27. The number of carbonyl (C=O) groups is 1. The summed E-state index contributed by atoms with van der Waals surface area (Å²) < 4.78 is 19.2. The maximum Gasteiger partial charge on any atom is 0.291 e. The molecule has 31 heavy (non-hydrogen) atoms. The molecule has 0 unspecified atom stereocenters. The van der Waals surface area contributed by atoms with Gasteiger partial charge in [-0.15, -0.1) is 0 Å². The average molecular weight is 422 g/mol. The van der Waals surface area contributed by atoms with Crippen LogP contribution in [0.25, 0.3) is 11.3 Å². The zero-order valence-corrected chi connectivity index (χ0v) is 16.7. The first-order valence-corrected chi connectivity index (χ1v) is 9.59. The van der Waals surface area contributed by atoms with Gasteiger partial charge >= 0.3 is 0 Å². The van der Waals surface area contributed by atoms with Crippen LogP contribution in [0.4, 0.5) is 10.1 Å². The Labute approximate surface area is 177 Å². The Morgan fingerprint density at radius 1 is 1.23 bits per heavy atom. The number of ether oxygens (including phenoxy) is 1. The van der Waals surface area contributed by atoms with Crippen LogP contribution in [-0.2, 0) is 35.6 Å². The van der Waals surface area contributed by atoms with E-state index in [4.69, 9.17) is 4.74 Å². The largest absolute Gasteiger partial charge is 0.378 e. The first kappa shape index (κ1) is 20.5. The lowest BCUT2D eigenvalue weighted by molar-refractivity contribution is -0.385. The van der Waals surface area contributed by atoms with E-state index in [1.807, 2.05) is 6.07 Å². The van der Waals surface area contributed by atoms with Gasteiger partial charge in [0.05, 0.1) is 29.3 Å². The van der Waals surface area contributed by atoms with Crippen molar-refractivity contribution in [2.75, 3.05) is 7.11 Å². The van der Waals surface area contributed by atoms with Crippen LogP contribution in [0.3, 0.4) is 0 Å². The van der Waals surface area contributed by atoms with Crippen molar-refractivity contribution in [2.45, 2.75) is 26.1 Å². The Bertz CT molecular complexity index is 1170. The summed E-state index contributed by atoms with van der Waals surface area (Å²) in [7, 11) is 1.58. The number of amides is 1. The van der Waals surface area contributed by atoms with Gasteiger partial charge in [0.2, 0.25) is 5.91 Å².